The number of hydrogen-bond acceptors (Lipinski definition) is 2. The second-order valence-corrected chi connectivity index (χ2v) is 3.27. The van der Waals surface area contributed by atoms with Crippen molar-refractivity contribution in [1.29, 1.82) is 0 Å². The van der Waals surface area contributed by atoms with Crippen LogP contribution in [0.1, 0.15) is 19.3 Å². The molecule has 0 radical (unpaired) electrons. The molecule has 1 fully saturated rings. The summed E-state index contributed by atoms with van der Waals surface area (Å²) in [6.45, 7) is 3.25. The minimum Gasteiger partial charge on any atom is -0.385 e. The van der Waals surface area contributed by atoms with Crippen molar-refractivity contribution < 1.29 is 9.53 Å². The first kappa shape index (κ1) is 10.3. The van der Waals surface area contributed by atoms with Gasteiger partial charge >= 0.3 is 6.03 Å². The molecule has 0 aromatic rings. The predicted molar refractivity (Wildman–Crippen MR) is 50.7 cm³/mol. The zero-order chi connectivity index (χ0) is 9.52. The molecule has 0 aliphatic carbocycles. The molecular formula is C9H18N2O2. The number of rotatable bonds is 4. The maximum absolute atomic E-state index is 11.4. The van der Waals surface area contributed by atoms with Gasteiger partial charge in [0.25, 0.3) is 0 Å². The van der Waals surface area contributed by atoms with Gasteiger partial charge in [0, 0.05) is 33.4 Å². The molecule has 1 aliphatic heterocycles. The fraction of sp³-hybridized carbons (Fsp3) is 0.889. The van der Waals surface area contributed by atoms with Crippen molar-refractivity contribution in [3.63, 3.8) is 0 Å². The van der Waals surface area contributed by atoms with E-state index in [1.165, 1.54) is 0 Å². The van der Waals surface area contributed by atoms with Gasteiger partial charge < -0.3 is 15.0 Å². The molecule has 4 heteroatoms. The van der Waals surface area contributed by atoms with Gasteiger partial charge in [0.1, 0.15) is 0 Å². The number of amides is 2. The van der Waals surface area contributed by atoms with E-state index >= 15 is 0 Å². The number of nitrogens with zero attached hydrogens (tertiary/aromatic N) is 1. The number of urea groups is 1. The highest BCUT2D eigenvalue weighted by Gasteiger charge is 2.16. The Labute approximate surface area is 79.2 Å². The molecule has 1 saturated heterocycles. The van der Waals surface area contributed by atoms with E-state index in [0.717, 1.165) is 32.4 Å². The average molecular weight is 186 g/mol. The summed E-state index contributed by atoms with van der Waals surface area (Å²) in [6, 6.07) is 0.0774. The first-order chi connectivity index (χ1) is 6.34. The Hall–Kier alpha value is -0.770. The van der Waals surface area contributed by atoms with Crippen molar-refractivity contribution in [3.8, 4) is 0 Å². The maximum Gasteiger partial charge on any atom is 0.317 e. The van der Waals surface area contributed by atoms with Crippen molar-refractivity contribution in [2.45, 2.75) is 19.3 Å². The van der Waals surface area contributed by atoms with Crippen LogP contribution in [0.2, 0.25) is 0 Å². The van der Waals surface area contributed by atoms with Crippen molar-refractivity contribution in [3.05, 3.63) is 0 Å². The Morgan fingerprint density at radius 2 is 2.15 bits per heavy atom. The van der Waals surface area contributed by atoms with Crippen LogP contribution in [0.3, 0.4) is 0 Å². The van der Waals surface area contributed by atoms with E-state index < -0.39 is 0 Å². The SMILES string of the molecule is COCCCNC(=O)N1CCCC1. The minimum atomic E-state index is 0.0774. The minimum absolute atomic E-state index is 0.0774. The van der Waals surface area contributed by atoms with Crippen LogP contribution in [0, 0.1) is 0 Å². The molecule has 1 aliphatic rings. The van der Waals surface area contributed by atoms with Gasteiger partial charge in [0.2, 0.25) is 0 Å². The molecule has 2 amide bonds. The van der Waals surface area contributed by atoms with Crippen LogP contribution in [0.25, 0.3) is 0 Å². The van der Waals surface area contributed by atoms with E-state index in [9.17, 15) is 4.79 Å². The summed E-state index contributed by atoms with van der Waals surface area (Å²) in [5.74, 6) is 0. The summed E-state index contributed by atoms with van der Waals surface area (Å²) in [5.41, 5.74) is 0. The molecule has 0 bridgehead atoms. The molecular weight excluding hydrogens is 168 g/mol. The highest BCUT2D eigenvalue weighted by Crippen LogP contribution is 2.06. The zero-order valence-corrected chi connectivity index (χ0v) is 8.21. The van der Waals surface area contributed by atoms with E-state index in [4.69, 9.17) is 4.74 Å². The molecule has 76 valence electrons. The smallest absolute Gasteiger partial charge is 0.317 e. The van der Waals surface area contributed by atoms with Gasteiger partial charge in [-0.2, -0.15) is 0 Å². The lowest BCUT2D eigenvalue weighted by molar-refractivity contribution is 0.189. The van der Waals surface area contributed by atoms with E-state index in [1.807, 2.05) is 4.90 Å². The Balaban J connectivity index is 2.03. The van der Waals surface area contributed by atoms with Crippen LogP contribution >= 0.6 is 0 Å². The van der Waals surface area contributed by atoms with E-state index in [2.05, 4.69) is 5.32 Å². The van der Waals surface area contributed by atoms with Gasteiger partial charge in [0.05, 0.1) is 0 Å². The Kier molecular flexibility index (Phi) is 4.60. The quantitative estimate of drug-likeness (QED) is 0.661. The molecule has 0 spiro atoms. The van der Waals surface area contributed by atoms with Gasteiger partial charge in [-0.1, -0.05) is 0 Å². The highest BCUT2D eigenvalue weighted by molar-refractivity contribution is 5.74. The Bertz CT molecular complexity index is 156. The van der Waals surface area contributed by atoms with E-state index in [-0.39, 0.29) is 6.03 Å². The topological polar surface area (TPSA) is 41.6 Å². The predicted octanol–water partition coefficient (Wildman–Crippen LogP) is 0.828. The van der Waals surface area contributed by atoms with Gasteiger partial charge in [-0.15, -0.1) is 0 Å². The molecule has 0 saturated carbocycles. The third kappa shape index (κ3) is 3.63. The Morgan fingerprint density at radius 3 is 2.77 bits per heavy atom. The number of carbonyl (C=O) groups is 1. The van der Waals surface area contributed by atoms with Gasteiger partial charge in [-0.05, 0) is 19.3 Å². The van der Waals surface area contributed by atoms with Crippen LogP contribution in [-0.4, -0.2) is 44.3 Å². The van der Waals surface area contributed by atoms with Crippen LogP contribution in [0.4, 0.5) is 4.79 Å². The highest BCUT2D eigenvalue weighted by atomic mass is 16.5. The lowest BCUT2D eigenvalue weighted by atomic mass is 10.4. The lowest BCUT2D eigenvalue weighted by Crippen LogP contribution is -2.38. The first-order valence-corrected chi connectivity index (χ1v) is 4.86. The molecule has 4 nitrogen and oxygen atoms in total. The lowest BCUT2D eigenvalue weighted by Gasteiger charge is -2.15. The Morgan fingerprint density at radius 1 is 1.46 bits per heavy atom. The summed E-state index contributed by atoms with van der Waals surface area (Å²) in [7, 11) is 1.67. The van der Waals surface area contributed by atoms with Crippen molar-refractivity contribution in [1.82, 2.24) is 10.2 Å². The van der Waals surface area contributed by atoms with Gasteiger partial charge in [-0.3, -0.25) is 0 Å². The fourth-order valence-corrected chi connectivity index (χ4v) is 1.44. The number of nitrogens with one attached hydrogen (secondary N) is 1. The molecule has 0 atom stereocenters. The molecule has 0 unspecified atom stereocenters. The summed E-state index contributed by atoms with van der Waals surface area (Å²) < 4.78 is 4.88. The number of hydrogen-bond donors (Lipinski definition) is 1. The normalized spacial score (nSPS) is 16.2. The summed E-state index contributed by atoms with van der Waals surface area (Å²) >= 11 is 0. The van der Waals surface area contributed by atoms with Gasteiger partial charge in [0.15, 0.2) is 0 Å². The molecule has 1 N–H and O–H groups in total. The number of carbonyl (C=O) groups excluding carboxylic acids is 1. The largest absolute Gasteiger partial charge is 0.385 e. The van der Waals surface area contributed by atoms with Crippen LogP contribution in [0.5, 0.6) is 0 Å². The summed E-state index contributed by atoms with van der Waals surface area (Å²) in [6.07, 6.45) is 3.17. The third-order valence-corrected chi connectivity index (χ3v) is 2.19. The molecule has 1 rings (SSSR count). The van der Waals surface area contributed by atoms with Crippen LogP contribution in [0.15, 0.2) is 0 Å². The van der Waals surface area contributed by atoms with E-state index in [1.54, 1.807) is 7.11 Å². The second kappa shape index (κ2) is 5.80. The van der Waals surface area contributed by atoms with Crippen molar-refractivity contribution >= 4 is 6.03 Å². The second-order valence-electron chi connectivity index (χ2n) is 3.27. The van der Waals surface area contributed by atoms with E-state index in [0.29, 0.717) is 13.2 Å². The van der Waals surface area contributed by atoms with Crippen molar-refractivity contribution in [2.75, 3.05) is 33.4 Å². The molecule has 1 heterocycles. The van der Waals surface area contributed by atoms with Gasteiger partial charge in [-0.25, -0.2) is 4.79 Å². The van der Waals surface area contributed by atoms with Crippen LogP contribution in [-0.2, 0) is 4.74 Å². The summed E-state index contributed by atoms with van der Waals surface area (Å²) in [5, 5.41) is 2.87. The molecule has 13 heavy (non-hydrogen) atoms. The monoisotopic (exact) mass is 186 g/mol. The van der Waals surface area contributed by atoms with Crippen molar-refractivity contribution in [2.24, 2.45) is 0 Å². The molecule has 0 aromatic carbocycles. The number of ether oxygens (including phenoxy) is 1. The molecule has 0 aromatic heterocycles. The maximum atomic E-state index is 11.4. The summed E-state index contributed by atoms with van der Waals surface area (Å²) in [4.78, 5) is 13.3. The third-order valence-electron chi connectivity index (χ3n) is 2.19. The standard InChI is InChI=1S/C9H18N2O2/c1-13-8-4-5-10-9(12)11-6-2-3-7-11/h2-8H2,1H3,(H,10,12). The average Bonchev–Trinajstić information content (AvgIpc) is 2.65. The van der Waals surface area contributed by atoms with Crippen LogP contribution < -0.4 is 5.32 Å². The zero-order valence-electron chi connectivity index (χ0n) is 8.21. The fourth-order valence-electron chi connectivity index (χ4n) is 1.44. The number of methoxy groups -OCH3 is 1. The number of likely N-dealkylation sites (tertiary alicyclic amines) is 1. The first-order valence-electron chi connectivity index (χ1n) is 4.86.